The maximum Gasteiger partial charge on any atom is 0.317 e. The number of carbonyl (C=O) groups is 1. The fourth-order valence-electron chi connectivity index (χ4n) is 3.08. The van der Waals surface area contributed by atoms with Crippen molar-refractivity contribution in [2.45, 2.75) is 45.3 Å². The highest BCUT2D eigenvalue weighted by Crippen LogP contribution is 2.25. The number of ether oxygens (including phenoxy) is 1. The van der Waals surface area contributed by atoms with Crippen LogP contribution in [0.5, 0.6) is 5.75 Å². The zero-order valence-electron chi connectivity index (χ0n) is 14.4. The smallest absolute Gasteiger partial charge is 0.317 e. The Labute approximate surface area is 142 Å². The molecule has 0 bridgehead atoms. The standard InChI is InChI=1S/C18H27FN2O3/c1-3-24-17-9-8-13(10-15(17)19)11-20-18(23)21(2)12-14-6-4-5-7-16(14)22/h8-10,14,16,22H,3-7,11-12H2,1-2H3,(H,20,23)/t14-,16-/m0/s1. The van der Waals surface area contributed by atoms with Gasteiger partial charge in [-0.05, 0) is 37.5 Å². The van der Waals surface area contributed by atoms with Crippen molar-refractivity contribution in [1.82, 2.24) is 10.2 Å². The average molecular weight is 338 g/mol. The fraction of sp³-hybridized carbons (Fsp3) is 0.611. The number of halogens is 1. The van der Waals surface area contributed by atoms with Gasteiger partial charge in [-0.1, -0.05) is 18.9 Å². The first-order valence-electron chi connectivity index (χ1n) is 8.59. The number of hydrogen-bond acceptors (Lipinski definition) is 3. The Morgan fingerprint density at radius 1 is 1.42 bits per heavy atom. The van der Waals surface area contributed by atoms with E-state index in [1.165, 1.54) is 6.07 Å². The highest BCUT2D eigenvalue weighted by molar-refractivity contribution is 5.73. The molecule has 0 aromatic heterocycles. The molecule has 5 nitrogen and oxygen atoms in total. The van der Waals surface area contributed by atoms with Crippen LogP contribution in [0, 0.1) is 11.7 Å². The van der Waals surface area contributed by atoms with Gasteiger partial charge in [-0.25, -0.2) is 9.18 Å². The minimum Gasteiger partial charge on any atom is -0.491 e. The van der Waals surface area contributed by atoms with Crippen LogP contribution in [0.25, 0.3) is 0 Å². The fourth-order valence-corrected chi connectivity index (χ4v) is 3.08. The third-order valence-corrected chi connectivity index (χ3v) is 4.46. The minimum absolute atomic E-state index is 0.137. The Kier molecular flexibility index (Phi) is 6.85. The van der Waals surface area contributed by atoms with Crippen molar-refractivity contribution in [1.29, 1.82) is 0 Å². The van der Waals surface area contributed by atoms with E-state index in [4.69, 9.17) is 4.74 Å². The van der Waals surface area contributed by atoms with Crippen molar-refractivity contribution >= 4 is 6.03 Å². The molecule has 1 aliphatic carbocycles. The van der Waals surface area contributed by atoms with Gasteiger partial charge in [-0.15, -0.1) is 0 Å². The minimum atomic E-state index is -0.428. The second-order valence-corrected chi connectivity index (χ2v) is 6.35. The molecule has 2 rings (SSSR count). The third-order valence-electron chi connectivity index (χ3n) is 4.46. The van der Waals surface area contributed by atoms with Crippen LogP contribution in [0.15, 0.2) is 18.2 Å². The van der Waals surface area contributed by atoms with E-state index < -0.39 is 5.82 Å². The number of hydrogen-bond donors (Lipinski definition) is 2. The van der Waals surface area contributed by atoms with E-state index in [1.807, 2.05) is 0 Å². The lowest BCUT2D eigenvalue weighted by molar-refractivity contribution is 0.0565. The van der Waals surface area contributed by atoms with Crippen molar-refractivity contribution in [3.8, 4) is 5.75 Å². The summed E-state index contributed by atoms with van der Waals surface area (Å²) in [5.74, 6) is -0.0734. The monoisotopic (exact) mass is 338 g/mol. The molecule has 0 unspecified atom stereocenters. The molecule has 0 heterocycles. The van der Waals surface area contributed by atoms with Gasteiger partial charge in [0, 0.05) is 26.1 Å². The summed E-state index contributed by atoms with van der Waals surface area (Å²) in [4.78, 5) is 13.8. The van der Waals surface area contributed by atoms with Gasteiger partial charge in [0.2, 0.25) is 0 Å². The molecule has 1 aromatic rings. The van der Waals surface area contributed by atoms with E-state index >= 15 is 0 Å². The summed E-state index contributed by atoms with van der Waals surface area (Å²) in [5, 5.41) is 12.8. The Morgan fingerprint density at radius 2 is 2.17 bits per heavy atom. The van der Waals surface area contributed by atoms with Gasteiger partial charge in [0.25, 0.3) is 0 Å². The molecule has 1 fully saturated rings. The first-order chi connectivity index (χ1) is 11.5. The lowest BCUT2D eigenvalue weighted by Crippen LogP contribution is -2.42. The summed E-state index contributed by atoms with van der Waals surface area (Å²) in [6.45, 7) is 2.99. The van der Waals surface area contributed by atoms with Gasteiger partial charge >= 0.3 is 6.03 Å². The van der Waals surface area contributed by atoms with Gasteiger partial charge in [0.15, 0.2) is 11.6 Å². The van der Waals surface area contributed by atoms with E-state index in [0.29, 0.717) is 18.7 Å². The summed E-state index contributed by atoms with van der Waals surface area (Å²) in [5.41, 5.74) is 0.676. The Bertz CT molecular complexity index is 553. The number of urea groups is 1. The number of aliphatic hydroxyl groups is 1. The average Bonchev–Trinajstić information content (AvgIpc) is 2.57. The van der Waals surface area contributed by atoms with E-state index in [-0.39, 0.29) is 30.3 Å². The van der Waals surface area contributed by atoms with Gasteiger partial charge in [0.05, 0.1) is 12.7 Å². The maximum atomic E-state index is 13.8. The van der Waals surface area contributed by atoms with Gasteiger partial charge in [-0.2, -0.15) is 0 Å². The van der Waals surface area contributed by atoms with Crippen molar-refractivity contribution in [2.75, 3.05) is 20.2 Å². The highest BCUT2D eigenvalue weighted by atomic mass is 19.1. The lowest BCUT2D eigenvalue weighted by Gasteiger charge is -2.31. The van der Waals surface area contributed by atoms with Crippen molar-refractivity contribution in [3.63, 3.8) is 0 Å². The van der Waals surface area contributed by atoms with Gasteiger partial charge in [0.1, 0.15) is 0 Å². The molecule has 1 saturated carbocycles. The molecule has 1 aliphatic rings. The molecule has 0 spiro atoms. The largest absolute Gasteiger partial charge is 0.491 e. The second kappa shape index (κ2) is 8.87. The van der Waals surface area contributed by atoms with Crippen LogP contribution in [-0.4, -0.2) is 42.3 Å². The van der Waals surface area contributed by atoms with Crippen molar-refractivity contribution in [2.24, 2.45) is 5.92 Å². The summed E-state index contributed by atoms with van der Waals surface area (Å²) >= 11 is 0. The molecule has 2 N–H and O–H groups in total. The Morgan fingerprint density at radius 3 is 2.83 bits per heavy atom. The van der Waals surface area contributed by atoms with Crippen LogP contribution in [0.2, 0.25) is 0 Å². The van der Waals surface area contributed by atoms with Crippen molar-refractivity contribution in [3.05, 3.63) is 29.6 Å². The molecule has 0 radical (unpaired) electrons. The highest BCUT2D eigenvalue weighted by Gasteiger charge is 2.25. The van der Waals surface area contributed by atoms with E-state index in [2.05, 4.69) is 5.32 Å². The number of nitrogens with zero attached hydrogens (tertiary/aromatic N) is 1. The number of benzene rings is 1. The number of amides is 2. The predicted octanol–water partition coefficient (Wildman–Crippen LogP) is 2.92. The molecular weight excluding hydrogens is 311 g/mol. The number of carbonyl (C=O) groups excluding carboxylic acids is 1. The van der Waals surface area contributed by atoms with Crippen LogP contribution in [0.1, 0.15) is 38.2 Å². The SMILES string of the molecule is CCOc1ccc(CNC(=O)N(C)C[C@@H]2CCCC[C@@H]2O)cc1F. The van der Waals surface area contributed by atoms with Crippen LogP contribution >= 0.6 is 0 Å². The molecule has 1 aromatic carbocycles. The molecule has 6 heteroatoms. The molecule has 0 saturated heterocycles. The predicted molar refractivity (Wildman–Crippen MR) is 90.4 cm³/mol. The second-order valence-electron chi connectivity index (χ2n) is 6.35. The summed E-state index contributed by atoms with van der Waals surface area (Å²) in [6, 6.07) is 4.46. The van der Waals surface area contributed by atoms with E-state index in [0.717, 1.165) is 25.7 Å². The topological polar surface area (TPSA) is 61.8 Å². The number of rotatable bonds is 6. The van der Waals surface area contributed by atoms with Gasteiger partial charge in [-0.3, -0.25) is 0 Å². The normalized spacial score (nSPS) is 20.5. The molecular formula is C18H27FN2O3. The lowest BCUT2D eigenvalue weighted by atomic mass is 9.86. The van der Waals surface area contributed by atoms with Crippen molar-refractivity contribution < 1.29 is 19.0 Å². The zero-order valence-corrected chi connectivity index (χ0v) is 14.4. The summed E-state index contributed by atoms with van der Waals surface area (Å²) < 4.78 is 19.0. The molecule has 134 valence electrons. The quantitative estimate of drug-likeness (QED) is 0.838. The van der Waals surface area contributed by atoms with E-state index in [1.54, 1.807) is 31.0 Å². The molecule has 2 atom stereocenters. The first kappa shape index (κ1) is 18.5. The van der Waals surface area contributed by atoms with Crippen LogP contribution < -0.4 is 10.1 Å². The number of aliphatic hydroxyl groups excluding tert-OH is 1. The molecule has 0 aliphatic heterocycles. The van der Waals surface area contributed by atoms with Gasteiger partial charge < -0.3 is 20.1 Å². The van der Waals surface area contributed by atoms with Crippen LogP contribution in [-0.2, 0) is 6.54 Å². The molecule has 24 heavy (non-hydrogen) atoms. The Hall–Kier alpha value is -1.82. The van der Waals surface area contributed by atoms with Crippen LogP contribution in [0.4, 0.5) is 9.18 Å². The summed E-state index contributed by atoms with van der Waals surface area (Å²) in [7, 11) is 1.72. The maximum absolute atomic E-state index is 13.8. The molecule has 2 amide bonds. The third kappa shape index (κ3) is 5.09. The van der Waals surface area contributed by atoms with E-state index in [9.17, 15) is 14.3 Å². The number of nitrogens with one attached hydrogen (secondary N) is 1. The summed E-state index contributed by atoms with van der Waals surface area (Å²) in [6.07, 6.45) is 3.59. The Balaban J connectivity index is 1.82. The first-order valence-corrected chi connectivity index (χ1v) is 8.59. The van der Waals surface area contributed by atoms with Crippen LogP contribution in [0.3, 0.4) is 0 Å². The zero-order chi connectivity index (χ0) is 17.5.